The molecule has 0 saturated heterocycles. The summed E-state index contributed by atoms with van der Waals surface area (Å²) in [4.78, 5) is 46.4. The molecule has 1 aliphatic rings. The van der Waals surface area contributed by atoms with Gasteiger partial charge in [0.2, 0.25) is 0 Å². The van der Waals surface area contributed by atoms with Crippen LogP contribution in [-0.2, 0) is 15.2 Å². The number of carbonyl (C=O) groups is 2. The Morgan fingerprint density at radius 2 is 1.68 bits per heavy atom. The Labute approximate surface area is 135 Å². The Morgan fingerprint density at radius 3 is 2.27 bits per heavy atom. The van der Waals surface area contributed by atoms with Gasteiger partial charge in [-0.15, -0.1) is 0 Å². The second kappa shape index (κ2) is 6.63. The molecule has 0 amide bonds. The monoisotopic (exact) mass is 507 g/mol. The molecule has 11 nitrogen and oxygen atoms in total. The first-order chi connectivity index (χ1) is 10.4. The first kappa shape index (κ1) is 16.1. The molecule has 2 bridgehead atoms. The van der Waals surface area contributed by atoms with Crippen LogP contribution in [-0.4, -0.2) is 70.2 Å². The van der Waals surface area contributed by atoms with Crippen LogP contribution < -0.4 is 4.90 Å². The van der Waals surface area contributed by atoms with Crippen molar-refractivity contribution in [2.45, 2.75) is 0 Å². The number of aliphatic carboxylic acids is 2. The number of anilines is 1. The summed E-state index contributed by atoms with van der Waals surface area (Å²) in [6, 6.07) is 3.69. The van der Waals surface area contributed by atoms with E-state index < -0.39 is 50.2 Å². The summed E-state index contributed by atoms with van der Waals surface area (Å²) < 4.78 is 9.51. The molecule has 114 valence electrons. The zero-order chi connectivity index (χ0) is 16.3. The molecular weight excluding hydrogens is 497 g/mol. The van der Waals surface area contributed by atoms with E-state index >= 15 is 0 Å². The number of carboxylic acids is 2. The molecule has 2 N–H and O–H groups in total. The maximum atomic E-state index is 11.9. The fraction of sp³-hybridized carbons (Fsp3) is 0.200. The van der Waals surface area contributed by atoms with Crippen molar-refractivity contribution in [2.24, 2.45) is 0 Å². The van der Waals surface area contributed by atoms with Crippen LogP contribution in [0.3, 0.4) is 0 Å². The van der Waals surface area contributed by atoms with Gasteiger partial charge in [-0.1, -0.05) is 0 Å². The Bertz CT molecular complexity index is 648. The van der Waals surface area contributed by atoms with E-state index in [-0.39, 0.29) is 26.9 Å². The second-order valence-electron chi connectivity index (χ2n) is 4.10. The minimum absolute atomic E-state index is 0.0287. The maximum absolute atomic E-state index is 11.9. The van der Waals surface area contributed by atoms with Gasteiger partial charge >= 0.3 is 135 Å². The van der Waals surface area contributed by atoms with Crippen LogP contribution in [0.2, 0.25) is 0 Å². The number of hydrogen-bond donors (Lipinski definition) is 2. The van der Waals surface area contributed by atoms with Crippen molar-refractivity contribution in [1.82, 2.24) is 0 Å². The molecule has 0 fully saturated rings. The van der Waals surface area contributed by atoms with E-state index in [1.165, 1.54) is 12.1 Å². The standard InChI is InChI=1S/C10H9N3O8.Pb/c14-9(15)4-11(5-10(16)17)7-2-1-6(12(18)19)3-8(7)13(20)21;/h1-3H,4-5H2,(H,14,15)(H,16,17);/q;+2. The first-order valence-corrected chi connectivity index (χ1v) is 8.92. The molecule has 1 heterocycles. The van der Waals surface area contributed by atoms with Gasteiger partial charge < -0.3 is 0 Å². The molecule has 0 aliphatic carbocycles. The van der Waals surface area contributed by atoms with Gasteiger partial charge in [0, 0.05) is 0 Å². The molecule has 1 aromatic rings. The zero-order valence-electron chi connectivity index (χ0n) is 10.8. The minimum atomic E-state index is -2.41. The fourth-order valence-electron chi connectivity index (χ4n) is 1.78. The van der Waals surface area contributed by atoms with Crippen LogP contribution in [0.15, 0.2) is 18.2 Å². The predicted molar refractivity (Wildman–Crippen MR) is 68.4 cm³/mol. The average molecular weight is 506 g/mol. The Morgan fingerprint density at radius 1 is 1.09 bits per heavy atom. The van der Waals surface area contributed by atoms with E-state index in [4.69, 9.17) is 15.8 Å². The van der Waals surface area contributed by atoms with Crippen molar-refractivity contribution < 1.29 is 35.2 Å². The van der Waals surface area contributed by atoms with Crippen LogP contribution >= 0.6 is 0 Å². The topological polar surface area (TPSA) is 136 Å². The molecule has 0 unspecified atom stereocenters. The number of carboxylic acid groups (broad SMARTS) is 2. The van der Waals surface area contributed by atoms with Crippen LogP contribution in [0.5, 0.6) is 0 Å². The van der Waals surface area contributed by atoms with Crippen molar-refractivity contribution in [3.05, 3.63) is 28.0 Å². The van der Waals surface area contributed by atoms with Crippen molar-refractivity contribution >= 4 is 54.1 Å². The third-order valence-corrected chi connectivity index (χ3v) is 4.47. The molecule has 2 radical (unpaired) electrons. The SMILES string of the molecule is O=C(O)CN(CC(=O)O)c1ccc2cc1[N+](=O)[O][Pb][O][N+]2=O. The van der Waals surface area contributed by atoms with Crippen LogP contribution in [0.4, 0.5) is 17.1 Å². The van der Waals surface area contributed by atoms with E-state index in [0.29, 0.717) is 0 Å². The van der Waals surface area contributed by atoms with E-state index in [1.807, 2.05) is 0 Å². The molecule has 0 atom stereocenters. The summed E-state index contributed by atoms with van der Waals surface area (Å²) in [6.07, 6.45) is 0. The van der Waals surface area contributed by atoms with Gasteiger partial charge in [-0.3, -0.25) is 0 Å². The third kappa shape index (κ3) is 3.66. The Hall–Kier alpha value is -2.32. The van der Waals surface area contributed by atoms with Gasteiger partial charge in [0.05, 0.1) is 0 Å². The van der Waals surface area contributed by atoms with Crippen molar-refractivity contribution in [1.29, 1.82) is 0 Å². The number of fused-ring (bicyclic) bond motifs is 2. The molecule has 0 spiro atoms. The predicted octanol–water partition coefficient (Wildman–Crippen LogP) is -0.106. The summed E-state index contributed by atoms with van der Waals surface area (Å²) in [6.45, 7) is -1.27. The summed E-state index contributed by atoms with van der Waals surface area (Å²) in [5.41, 5.74) is -0.0971. The third-order valence-electron chi connectivity index (χ3n) is 2.60. The molecule has 2 rings (SSSR count). The zero-order valence-corrected chi connectivity index (χ0v) is 14.7. The van der Waals surface area contributed by atoms with Gasteiger partial charge in [-0.05, 0) is 0 Å². The molecule has 1 aliphatic heterocycles. The van der Waals surface area contributed by atoms with Crippen LogP contribution in [0.1, 0.15) is 0 Å². The molecule has 22 heavy (non-hydrogen) atoms. The molecule has 12 heteroatoms. The quantitative estimate of drug-likeness (QED) is 0.525. The van der Waals surface area contributed by atoms with Gasteiger partial charge in [0.25, 0.3) is 0 Å². The summed E-state index contributed by atoms with van der Waals surface area (Å²) in [5, 5.41) is 17.7. The molecular formula is C10H9N3O8Pb+2. The van der Waals surface area contributed by atoms with E-state index in [1.54, 1.807) is 0 Å². The fourth-order valence-corrected chi connectivity index (χ4v) is 3.23. The van der Waals surface area contributed by atoms with Crippen molar-refractivity contribution in [2.75, 3.05) is 18.0 Å². The summed E-state index contributed by atoms with van der Waals surface area (Å²) >= 11 is -2.41. The number of benzene rings is 1. The van der Waals surface area contributed by atoms with E-state index in [9.17, 15) is 19.4 Å². The van der Waals surface area contributed by atoms with Crippen molar-refractivity contribution in [3.63, 3.8) is 0 Å². The number of rotatable bonds is 5. The van der Waals surface area contributed by atoms with Gasteiger partial charge in [-0.2, -0.15) is 0 Å². The van der Waals surface area contributed by atoms with Gasteiger partial charge in [0.1, 0.15) is 0 Å². The van der Waals surface area contributed by atoms with Gasteiger partial charge in [-0.25, -0.2) is 0 Å². The average Bonchev–Trinajstić information content (AvgIpc) is 2.43. The normalized spacial score (nSPS) is 13.5. The molecule has 1 aromatic carbocycles. The Kier molecular flexibility index (Phi) is 4.84. The summed E-state index contributed by atoms with van der Waals surface area (Å²) in [5.74, 6) is -2.54. The first-order valence-electron chi connectivity index (χ1n) is 5.74. The van der Waals surface area contributed by atoms with Crippen LogP contribution in [0.25, 0.3) is 0 Å². The van der Waals surface area contributed by atoms with E-state index in [0.717, 1.165) is 11.0 Å². The number of hydrogen-bond acceptors (Lipinski definition) is 7. The molecule has 0 aromatic heterocycles. The summed E-state index contributed by atoms with van der Waals surface area (Å²) in [7, 11) is 0. The number of nitrogens with zero attached hydrogens (tertiary/aromatic N) is 3. The Balaban J connectivity index is 2.48. The second-order valence-corrected chi connectivity index (χ2v) is 6.16. The van der Waals surface area contributed by atoms with Crippen LogP contribution in [0, 0.1) is 9.81 Å². The molecule has 0 saturated carbocycles. The van der Waals surface area contributed by atoms with E-state index in [2.05, 4.69) is 0 Å². The van der Waals surface area contributed by atoms with Crippen molar-refractivity contribution in [3.8, 4) is 0 Å². The van der Waals surface area contributed by atoms with Gasteiger partial charge in [0.15, 0.2) is 0 Å².